The summed E-state index contributed by atoms with van der Waals surface area (Å²) in [6.07, 6.45) is 0.110. The highest BCUT2D eigenvalue weighted by molar-refractivity contribution is 7.10. The van der Waals surface area contributed by atoms with E-state index in [2.05, 4.69) is 0 Å². The summed E-state index contributed by atoms with van der Waals surface area (Å²) in [4.78, 5) is 13.4. The summed E-state index contributed by atoms with van der Waals surface area (Å²) >= 11 is 1.59. The highest BCUT2D eigenvalue weighted by atomic mass is 32.1. The van der Waals surface area contributed by atoms with Crippen LogP contribution in [0.1, 0.15) is 34.6 Å². The first-order valence-electron chi connectivity index (χ1n) is 5.93. The minimum Gasteiger partial charge on any atom is -0.491 e. The Morgan fingerprint density at radius 2 is 2.00 bits per heavy atom. The second-order valence-corrected chi connectivity index (χ2v) is 5.58. The summed E-state index contributed by atoms with van der Waals surface area (Å²) in [6.45, 7) is 5.94. The minimum atomic E-state index is 0.0496. The Hall–Kier alpha value is -1.61. The Labute approximate surface area is 111 Å². The number of ketones is 1. The van der Waals surface area contributed by atoms with Gasteiger partial charge in [0.05, 0.1) is 6.10 Å². The van der Waals surface area contributed by atoms with E-state index in [1.807, 2.05) is 50.4 Å². The van der Waals surface area contributed by atoms with Gasteiger partial charge in [-0.3, -0.25) is 4.79 Å². The average molecular weight is 260 g/mol. The van der Waals surface area contributed by atoms with E-state index in [-0.39, 0.29) is 11.9 Å². The third kappa shape index (κ3) is 2.99. The van der Waals surface area contributed by atoms with Crippen molar-refractivity contribution in [2.75, 3.05) is 0 Å². The van der Waals surface area contributed by atoms with E-state index in [0.29, 0.717) is 5.56 Å². The van der Waals surface area contributed by atoms with Crippen LogP contribution in [-0.4, -0.2) is 11.9 Å². The van der Waals surface area contributed by atoms with Crippen LogP contribution in [0.2, 0.25) is 0 Å². The Balaban J connectivity index is 2.25. The molecule has 0 aliphatic heterocycles. The molecular formula is C15H16O2S. The van der Waals surface area contributed by atoms with Crippen molar-refractivity contribution >= 4 is 17.1 Å². The molecule has 0 aliphatic rings. The van der Waals surface area contributed by atoms with Gasteiger partial charge in [-0.25, -0.2) is 0 Å². The largest absolute Gasteiger partial charge is 0.491 e. The standard InChI is InChI=1S/C15H16O2S/c1-10(2)17-14-6-4-5-12(8-14)15(16)13-7-11(3)18-9-13/h4-10H,1-3H3. The molecule has 2 aromatic rings. The second kappa shape index (κ2) is 5.36. The number of rotatable bonds is 4. The molecule has 0 N–H and O–H groups in total. The van der Waals surface area contributed by atoms with Crippen LogP contribution in [0, 0.1) is 6.92 Å². The van der Waals surface area contributed by atoms with Gasteiger partial charge in [0.25, 0.3) is 0 Å². The third-order valence-electron chi connectivity index (χ3n) is 2.46. The number of ether oxygens (including phenoxy) is 1. The topological polar surface area (TPSA) is 26.3 Å². The highest BCUT2D eigenvalue weighted by Gasteiger charge is 2.11. The zero-order chi connectivity index (χ0) is 13.1. The molecule has 0 spiro atoms. The van der Waals surface area contributed by atoms with Crippen molar-refractivity contribution in [1.82, 2.24) is 0 Å². The van der Waals surface area contributed by atoms with E-state index in [1.165, 1.54) is 0 Å². The van der Waals surface area contributed by atoms with Gasteiger partial charge in [0.1, 0.15) is 5.75 Å². The van der Waals surface area contributed by atoms with Crippen molar-refractivity contribution in [3.05, 3.63) is 51.7 Å². The number of hydrogen-bond acceptors (Lipinski definition) is 3. The first-order valence-corrected chi connectivity index (χ1v) is 6.81. The fourth-order valence-electron chi connectivity index (χ4n) is 1.71. The third-order valence-corrected chi connectivity index (χ3v) is 3.32. The summed E-state index contributed by atoms with van der Waals surface area (Å²) < 4.78 is 5.60. The normalized spacial score (nSPS) is 10.7. The molecule has 0 amide bonds. The van der Waals surface area contributed by atoms with Crippen molar-refractivity contribution in [2.24, 2.45) is 0 Å². The number of carbonyl (C=O) groups excluding carboxylic acids is 1. The van der Waals surface area contributed by atoms with Gasteiger partial charge in [0.2, 0.25) is 0 Å². The molecule has 0 bridgehead atoms. The van der Waals surface area contributed by atoms with Gasteiger partial charge in [-0.15, -0.1) is 11.3 Å². The van der Waals surface area contributed by atoms with Crippen LogP contribution >= 0.6 is 11.3 Å². The number of benzene rings is 1. The molecule has 1 aromatic heterocycles. The van der Waals surface area contributed by atoms with E-state index < -0.39 is 0 Å². The summed E-state index contributed by atoms with van der Waals surface area (Å²) in [5.41, 5.74) is 1.42. The summed E-state index contributed by atoms with van der Waals surface area (Å²) in [5.74, 6) is 0.788. The van der Waals surface area contributed by atoms with E-state index in [9.17, 15) is 4.79 Å². The zero-order valence-corrected chi connectivity index (χ0v) is 11.6. The Kier molecular flexibility index (Phi) is 3.82. The molecule has 2 nitrogen and oxygen atoms in total. The maximum absolute atomic E-state index is 12.2. The zero-order valence-electron chi connectivity index (χ0n) is 10.8. The SMILES string of the molecule is Cc1cc(C(=O)c2cccc(OC(C)C)c2)cs1. The molecule has 0 atom stereocenters. The molecule has 0 radical (unpaired) electrons. The summed E-state index contributed by atoms with van der Waals surface area (Å²) in [5, 5.41) is 1.90. The van der Waals surface area contributed by atoms with Gasteiger partial charge >= 0.3 is 0 Å². The lowest BCUT2D eigenvalue weighted by Gasteiger charge is -2.10. The van der Waals surface area contributed by atoms with Gasteiger partial charge in [-0.05, 0) is 39.0 Å². The van der Waals surface area contributed by atoms with Gasteiger partial charge in [0, 0.05) is 21.4 Å². The number of thiophene rings is 1. The predicted molar refractivity (Wildman–Crippen MR) is 74.7 cm³/mol. The van der Waals surface area contributed by atoms with E-state index in [4.69, 9.17) is 4.74 Å². The van der Waals surface area contributed by atoms with Crippen LogP contribution in [-0.2, 0) is 0 Å². The summed E-state index contributed by atoms with van der Waals surface area (Å²) in [7, 11) is 0. The molecular weight excluding hydrogens is 244 g/mol. The molecule has 3 heteroatoms. The van der Waals surface area contributed by atoms with Crippen molar-refractivity contribution in [3.8, 4) is 5.75 Å². The molecule has 0 unspecified atom stereocenters. The molecule has 18 heavy (non-hydrogen) atoms. The molecule has 94 valence electrons. The molecule has 0 aliphatic carbocycles. The van der Waals surface area contributed by atoms with Gasteiger partial charge in [0.15, 0.2) is 5.78 Å². The van der Waals surface area contributed by atoms with E-state index in [0.717, 1.165) is 16.2 Å². The van der Waals surface area contributed by atoms with Crippen LogP contribution in [0.25, 0.3) is 0 Å². The summed E-state index contributed by atoms with van der Waals surface area (Å²) in [6, 6.07) is 9.26. The molecule has 2 rings (SSSR count). The van der Waals surface area contributed by atoms with Gasteiger partial charge in [-0.1, -0.05) is 12.1 Å². The first kappa shape index (κ1) is 12.8. The highest BCUT2D eigenvalue weighted by Crippen LogP contribution is 2.20. The lowest BCUT2D eigenvalue weighted by molar-refractivity contribution is 0.103. The predicted octanol–water partition coefficient (Wildman–Crippen LogP) is 4.07. The van der Waals surface area contributed by atoms with E-state index in [1.54, 1.807) is 17.4 Å². The maximum Gasteiger partial charge on any atom is 0.194 e. The molecule has 0 fully saturated rings. The van der Waals surface area contributed by atoms with Crippen molar-refractivity contribution in [2.45, 2.75) is 26.9 Å². The van der Waals surface area contributed by atoms with Crippen LogP contribution in [0.15, 0.2) is 35.7 Å². The van der Waals surface area contributed by atoms with Gasteiger partial charge < -0.3 is 4.74 Å². The molecule has 1 aromatic carbocycles. The minimum absolute atomic E-state index is 0.0496. The van der Waals surface area contributed by atoms with Crippen molar-refractivity contribution in [1.29, 1.82) is 0 Å². The fourth-order valence-corrected chi connectivity index (χ4v) is 2.39. The molecule has 0 saturated carbocycles. The second-order valence-electron chi connectivity index (χ2n) is 4.47. The molecule has 1 heterocycles. The van der Waals surface area contributed by atoms with Crippen LogP contribution in [0.4, 0.5) is 0 Å². The number of carbonyl (C=O) groups is 1. The Morgan fingerprint density at radius 1 is 1.22 bits per heavy atom. The maximum atomic E-state index is 12.2. The monoisotopic (exact) mass is 260 g/mol. The number of hydrogen-bond donors (Lipinski definition) is 0. The quantitative estimate of drug-likeness (QED) is 0.774. The lowest BCUT2D eigenvalue weighted by Crippen LogP contribution is -2.06. The smallest absolute Gasteiger partial charge is 0.194 e. The van der Waals surface area contributed by atoms with E-state index >= 15 is 0 Å². The van der Waals surface area contributed by atoms with Crippen molar-refractivity contribution < 1.29 is 9.53 Å². The lowest BCUT2D eigenvalue weighted by atomic mass is 10.1. The average Bonchev–Trinajstić information content (AvgIpc) is 2.74. The Morgan fingerprint density at radius 3 is 2.61 bits per heavy atom. The van der Waals surface area contributed by atoms with Gasteiger partial charge in [-0.2, -0.15) is 0 Å². The van der Waals surface area contributed by atoms with Crippen molar-refractivity contribution in [3.63, 3.8) is 0 Å². The van der Waals surface area contributed by atoms with Crippen LogP contribution < -0.4 is 4.74 Å². The molecule has 0 saturated heterocycles. The Bertz CT molecular complexity index is 555. The fraction of sp³-hybridized carbons (Fsp3) is 0.267. The van der Waals surface area contributed by atoms with Crippen LogP contribution in [0.3, 0.4) is 0 Å². The van der Waals surface area contributed by atoms with Crippen LogP contribution in [0.5, 0.6) is 5.75 Å². The number of aryl methyl sites for hydroxylation is 1. The first-order chi connectivity index (χ1) is 8.56.